The summed E-state index contributed by atoms with van der Waals surface area (Å²) in [5.41, 5.74) is 1.69. The molecular weight excluding hydrogens is 416 g/mol. The van der Waals surface area contributed by atoms with Gasteiger partial charge in [-0.05, 0) is 59.7 Å². The van der Waals surface area contributed by atoms with Crippen LogP contribution in [0.1, 0.15) is 17.5 Å². The molecule has 7 heteroatoms. The van der Waals surface area contributed by atoms with Gasteiger partial charge in [-0.25, -0.2) is 0 Å². The Morgan fingerprint density at radius 3 is 2.35 bits per heavy atom. The molecule has 3 aliphatic rings. The second kappa shape index (κ2) is 7.85. The van der Waals surface area contributed by atoms with Gasteiger partial charge in [0.15, 0.2) is 11.5 Å². The van der Waals surface area contributed by atoms with Gasteiger partial charge >= 0.3 is 0 Å². The highest BCUT2D eigenvalue weighted by Crippen LogP contribution is 2.52. The maximum Gasteiger partial charge on any atom is 0.254 e. The first kappa shape index (κ1) is 19.8. The number of imide groups is 1. The van der Waals surface area contributed by atoms with Crippen LogP contribution < -0.4 is 9.47 Å². The molecule has 2 aliphatic carbocycles. The van der Waals surface area contributed by atoms with Gasteiger partial charge in [-0.3, -0.25) is 9.59 Å². The molecular formula is C24H21ClN2O4. The fourth-order valence-electron chi connectivity index (χ4n) is 4.75. The van der Waals surface area contributed by atoms with Crippen molar-refractivity contribution in [3.63, 3.8) is 0 Å². The van der Waals surface area contributed by atoms with Gasteiger partial charge in [-0.15, -0.1) is 0 Å². The van der Waals surface area contributed by atoms with Gasteiger partial charge in [-0.2, -0.15) is 10.1 Å². The van der Waals surface area contributed by atoms with Gasteiger partial charge < -0.3 is 9.47 Å². The number of hydrogen-bond acceptors (Lipinski definition) is 5. The van der Waals surface area contributed by atoms with Crippen molar-refractivity contribution in [1.29, 1.82) is 0 Å². The molecule has 158 valence electrons. The number of ether oxygens (including phenoxy) is 2. The molecule has 2 fully saturated rings. The van der Waals surface area contributed by atoms with Gasteiger partial charge in [0.2, 0.25) is 0 Å². The average Bonchev–Trinajstić information content (AvgIpc) is 3.46. The second-order valence-electron chi connectivity index (χ2n) is 8.06. The van der Waals surface area contributed by atoms with Gasteiger partial charge in [0.05, 0.1) is 25.2 Å². The molecule has 0 radical (unpaired) electrons. The molecule has 31 heavy (non-hydrogen) atoms. The Balaban J connectivity index is 1.29. The summed E-state index contributed by atoms with van der Waals surface area (Å²) in [6, 6.07) is 12.8. The van der Waals surface area contributed by atoms with Crippen LogP contribution in [0.15, 0.2) is 59.7 Å². The van der Waals surface area contributed by atoms with E-state index in [1.807, 2.05) is 24.3 Å². The van der Waals surface area contributed by atoms with Crippen LogP contribution in [0, 0.1) is 23.7 Å². The summed E-state index contributed by atoms with van der Waals surface area (Å²) in [5.74, 6) is 0.565. The maximum absolute atomic E-state index is 12.7. The topological polar surface area (TPSA) is 68.2 Å². The van der Waals surface area contributed by atoms with E-state index in [-0.39, 0.29) is 35.5 Å². The number of halogens is 1. The highest BCUT2D eigenvalue weighted by molar-refractivity contribution is 6.30. The molecule has 5 rings (SSSR count). The van der Waals surface area contributed by atoms with Crippen LogP contribution in [0.25, 0.3) is 0 Å². The normalized spacial score (nSPS) is 26.2. The van der Waals surface area contributed by atoms with Crippen LogP contribution in [-0.2, 0) is 16.2 Å². The summed E-state index contributed by atoms with van der Waals surface area (Å²) in [5, 5.41) is 5.93. The predicted molar refractivity (Wildman–Crippen MR) is 116 cm³/mol. The van der Waals surface area contributed by atoms with Crippen molar-refractivity contribution in [2.75, 3.05) is 7.11 Å². The van der Waals surface area contributed by atoms with Crippen LogP contribution in [0.5, 0.6) is 11.5 Å². The molecule has 4 unspecified atom stereocenters. The Kier molecular flexibility index (Phi) is 5.02. The molecule has 1 saturated heterocycles. The van der Waals surface area contributed by atoms with Gasteiger partial charge in [0.1, 0.15) is 6.61 Å². The third-order valence-electron chi connectivity index (χ3n) is 6.26. The Morgan fingerprint density at radius 2 is 1.71 bits per heavy atom. The fraction of sp³-hybridized carbons (Fsp3) is 0.292. The van der Waals surface area contributed by atoms with Gasteiger partial charge in [0, 0.05) is 5.02 Å². The molecule has 0 aromatic heterocycles. The zero-order valence-electron chi connectivity index (χ0n) is 16.9. The van der Waals surface area contributed by atoms with Crippen LogP contribution in [0.3, 0.4) is 0 Å². The average molecular weight is 437 g/mol. The minimum atomic E-state index is -0.252. The number of methoxy groups -OCH3 is 1. The quantitative estimate of drug-likeness (QED) is 0.389. The van der Waals surface area contributed by atoms with Crippen LogP contribution in [-0.4, -0.2) is 30.1 Å². The number of rotatable bonds is 6. The van der Waals surface area contributed by atoms with Crippen molar-refractivity contribution in [1.82, 2.24) is 5.01 Å². The summed E-state index contributed by atoms with van der Waals surface area (Å²) < 4.78 is 11.3. The van der Waals surface area contributed by atoms with E-state index in [4.69, 9.17) is 21.1 Å². The Labute approximate surface area is 185 Å². The Morgan fingerprint density at radius 1 is 1.03 bits per heavy atom. The predicted octanol–water partition coefficient (Wildman–Crippen LogP) is 4.07. The lowest BCUT2D eigenvalue weighted by molar-refractivity contribution is -0.140. The minimum Gasteiger partial charge on any atom is -0.493 e. The van der Waals surface area contributed by atoms with E-state index in [0.29, 0.717) is 28.7 Å². The first-order valence-electron chi connectivity index (χ1n) is 10.2. The van der Waals surface area contributed by atoms with Crippen molar-refractivity contribution >= 4 is 29.6 Å². The van der Waals surface area contributed by atoms with E-state index < -0.39 is 0 Å². The summed E-state index contributed by atoms with van der Waals surface area (Å²) in [6.45, 7) is 0.372. The molecule has 2 aromatic rings. The fourth-order valence-corrected chi connectivity index (χ4v) is 4.88. The smallest absolute Gasteiger partial charge is 0.254 e. The van der Waals surface area contributed by atoms with E-state index in [2.05, 4.69) is 17.3 Å². The van der Waals surface area contributed by atoms with E-state index in [9.17, 15) is 9.59 Å². The number of carbonyl (C=O) groups excluding carboxylic acids is 2. The van der Waals surface area contributed by atoms with Crippen LogP contribution >= 0.6 is 11.6 Å². The van der Waals surface area contributed by atoms with E-state index in [0.717, 1.165) is 17.0 Å². The zero-order valence-corrected chi connectivity index (χ0v) is 17.7. The number of allylic oxidation sites excluding steroid dienone is 2. The minimum absolute atomic E-state index is 0.170. The van der Waals surface area contributed by atoms with Crippen LogP contribution in [0.2, 0.25) is 5.02 Å². The van der Waals surface area contributed by atoms with E-state index >= 15 is 0 Å². The van der Waals surface area contributed by atoms with Gasteiger partial charge in [-0.1, -0.05) is 35.9 Å². The third kappa shape index (κ3) is 3.51. The molecule has 6 nitrogen and oxygen atoms in total. The van der Waals surface area contributed by atoms with Crippen molar-refractivity contribution in [2.45, 2.75) is 13.0 Å². The first-order chi connectivity index (χ1) is 15.0. The highest BCUT2D eigenvalue weighted by Gasteiger charge is 2.59. The van der Waals surface area contributed by atoms with Crippen molar-refractivity contribution in [3.8, 4) is 11.5 Å². The van der Waals surface area contributed by atoms with E-state index in [1.54, 1.807) is 25.3 Å². The molecule has 1 aliphatic heterocycles. The zero-order chi connectivity index (χ0) is 21.5. The number of fused-ring (bicyclic) bond motifs is 5. The van der Waals surface area contributed by atoms with Crippen molar-refractivity contribution < 1.29 is 19.1 Å². The lowest BCUT2D eigenvalue weighted by Gasteiger charge is -2.13. The number of carbonyl (C=O) groups is 2. The monoisotopic (exact) mass is 436 g/mol. The molecule has 2 amide bonds. The summed E-state index contributed by atoms with van der Waals surface area (Å²) >= 11 is 5.91. The maximum atomic E-state index is 12.7. The molecule has 4 atom stereocenters. The largest absolute Gasteiger partial charge is 0.493 e. The standard InChI is InChI=1S/C24H21ClN2O4/c1-30-20-10-15(4-9-19(20)31-13-14-2-7-18(25)8-3-14)12-26-27-23(28)21-16-5-6-17(11-16)22(21)24(27)29/h2-10,12,16-17,21-22H,11,13H2,1H3/b26-12+. The van der Waals surface area contributed by atoms with Gasteiger partial charge in [0.25, 0.3) is 11.8 Å². The third-order valence-corrected chi connectivity index (χ3v) is 6.52. The Bertz CT molecular complexity index is 1070. The highest BCUT2D eigenvalue weighted by atomic mass is 35.5. The van der Waals surface area contributed by atoms with Crippen molar-refractivity contribution in [2.24, 2.45) is 28.8 Å². The summed E-state index contributed by atoms with van der Waals surface area (Å²) in [6.07, 6.45) is 6.55. The first-order valence-corrected chi connectivity index (χ1v) is 10.6. The lowest BCUT2D eigenvalue weighted by Crippen LogP contribution is -2.28. The summed E-state index contributed by atoms with van der Waals surface area (Å²) in [4.78, 5) is 25.5. The number of amides is 2. The number of hydrazone groups is 1. The molecule has 1 heterocycles. The van der Waals surface area contributed by atoms with Crippen LogP contribution in [0.4, 0.5) is 0 Å². The number of benzene rings is 2. The second-order valence-corrected chi connectivity index (χ2v) is 8.49. The molecule has 0 N–H and O–H groups in total. The Hall–Kier alpha value is -3.12. The summed E-state index contributed by atoms with van der Waals surface area (Å²) in [7, 11) is 1.56. The molecule has 0 spiro atoms. The molecule has 2 bridgehead atoms. The SMILES string of the molecule is COc1cc(/C=N/N2C(=O)C3C4C=CC(C4)C3C2=O)ccc1OCc1ccc(Cl)cc1. The number of hydrogen-bond donors (Lipinski definition) is 0. The molecule has 1 saturated carbocycles. The van der Waals surface area contributed by atoms with Crippen molar-refractivity contribution in [3.05, 3.63) is 70.8 Å². The number of nitrogens with zero attached hydrogens (tertiary/aromatic N) is 2. The molecule has 2 aromatic carbocycles. The lowest BCUT2D eigenvalue weighted by atomic mass is 9.85. The van der Waals surface area contributed by atoms with E-state index in [1.165, 1.54) is 6.21 Å².